The summed E-state index contributed by atoms with van der Waals surface area (Å²) >= 11 is 3.38. The Morgan fingerprint density at radius 1 is 1.48 bits per heavy atom. The van der Waals surface area contributed by atoms with E-state index in [2.05, 4.69) is 31.4 Å². The van der Waals surface area contributed by atoms with Crippen LogP contribution < -0.4 is 10.1 Å². The van der Waals surface area contributed by atoms with E-state index in [4.69, 9.17) is 4.74 Å². The van der Waals surface area contributed by atoms with Crippen LogP contribution in [0, 0.1) is 0 Å². The Morgan fingerprint density at radius 2 is 2.29 bits per heavy atom. The number of hydrogen-bond acceptors (Lipinski definition) is 5. The SMILES string of the molecule is CC(NCC(O)COc1cccc(Br)c1)c1nncn1C. The maximum absolute atomic E-state index is 9.95. The predicted octanol–water partition coefficient (Wildman–Crippen LogP) is 1.67. The Labute approximate surface area is 132 Å². The van der Waals surface area contributed by atoms with Crippen molar-refractivity contribution in [3.05, 3.63) is 40.9 Å². The molecule has 6 nitrogen and oxygen atoms in total. The summed E-state index contributed by atoms with van der Waals surface area (Å²) in [6.07, 6.45) is 1.06. The minimum Gasteiger partial charge on any atom is -0.491 e. The van der Waals surface area contributed by atoms with Gasteiger partial charge in [0.2, 0.25) is 0 Å². The van der Waals surface area contributed by atoms with Gasteiger partial charge in [-0.2, -0.15) is 0 Å². The van der Waals surface area contributed by atoms with Crippen molar-refractivity contribution in [2.75, 3.05) is 13.2 Å². The highest BCUT2D eigenvalue weighted by Gasteiger charge is 2.13. The molecule has 0 aliphatic heterocycles. The third-order valence-corrected chi connectivity index (χ3v) is 3.53. The maximum atomic E-state index is 9.95. The topological polar surface area (TPSA) is 72.2 Å². The van der Waals surface area contributed by atoms with Gasteiger partial charge in [0.1, 0.15) is 30.6 Å². The number of aliphatic hydroxyl groups excluding tert-OH is 1. The summed E-state index contributed by atoms with van der Waals surface area (Å²) in [5.74, 6) is 1.56. The fraction of sp³-hybridized carbons (Fsp3) is 0.429. The van der Waals surface area contributed by atoms with Gasteiger partial charge >= 0.3 is 0 Å². The van der Waals surface area contributed by atoms with E-state index in [-0.39, 0.29) is 12.6 Å². The number of ether oxygens (including phenoxy) is 1. The van der Waals surface area contributed by atoms with Crippen LogP contribution in [0.15, 0.2) is 35.1 Å². The smallest absolute Gasteiger partial charge is 0.149 e. The summed E-state index contributed by atoms with van der Waals surface area (Å²) in [4.78, 5) is 0. The lowest BCUT2D eigenvalue weighted by Gasteiger charge is -2.17. The van der Waals surface area contributed by atoms with Gasteiger partial charge in [-0.15, -0.1) is 10.2 Å². The van der Waals surface area contributed by atoms with E-state index in [1.54, 1.807) is 6.33 Å². The molecule has 0 bridgehead atoms. The second-order valence-electron chi connectivity index (χ2n) is 4.85. The Kier molecular flexibility index (Phi) is 5.72. The molecule has 0 fully saturated rings. The second-order valence-corrected chi connectivity index (χ2v) is 5.77. The van der Waals surface area contributed by atoms with Crippen LogP contribution in [0.3, 0.4) is 0 Å². The van der Waals surface area contributed by atoms with Crippen molar-refractivity contribution in [2.45, 2.75) is 19.1 Å². The molecule has 2 atom stereocenters. The third-order valence-electron chi connectivity index (χ3n) is 3.03. The molecule has 1 aromatic carbocycles. The van der Waals surface area contributed by atoms with Crippen molar-refractivity contribution in [2.24, 2.45) is 7.05 Å². The number of nitrogens with zero attached hydrogens (tertiary/aromatic N) is 3. The van der Waals surface area contributed by atoms with Crippen molar-refractivity contribution in [3.63, 3.8) is 0 Å². The van der Waals surface area contributed by atoms with Gasteiger partial charge in [-0.1, -0.05) is 22.0 Å². The zero-order valence-corrected chi connectivity index (χ0v) is 13.6. The molecular formula is C14H19BrN4O2. The molecule has 1 aromatic heterocycles. The average molecular weight is 355 g/mol. The lowest BCUT2D eigenvalue weighted by molar-refractivity contribution is 0.104. The molecule has 2 N–H and O–H groups in total. The molecule has 2 rings (SSSR count). The molecule has 0 aliphatic carbocycles. The van der Waals surface area contributed by atoms with Crippen molar-refractivity contribution < 1.29 is 9.84 Å². The van der Waals surface area contributed by atoms with E-state index in [0.717, 1.165) is 16.0 Å². The average Bonchev–Trinajstić information content (AvgIpc) is 2.89. The van der Waals surface area contributed by atoms with Crippen molar-refractivity contribution >= 4 is 15.9 Å². The summed E-state index contributed by atoms with van der Waals surface area (Å²) in [6, 6.07) is 7.54. The van der Waals surface area contributed by atoms with E-state index in [1.807, 2.05) is 42.8 Å². The largest absolute Gasteiger partial charge is 0.491 e. The number of aryl methyl sites for hydroxylation is 1. The fourth-order valence-corrected chi connectivity index (χ4v) is 2.27. The first-order valence-corrected chi connectivity index (χ1v) is 7.49. The Balaban J connectivity index is 1.75. The second kappa shape index (κ2) is 7.53. The normalized spacial score (nSPS) is 13.9. The number of nitrogens with one attached hydrogen (secondary N) is 1. The molecule has 0 aliphatic rings. The summed E-state index contributed by atoms with van der Waals surface area (Å²) in [7, 11) is 1.89. The minimum absolute atomic E-state index is 0.0121. The van der Waals surface area contributed by atoms with Crippen LogP contribution >= 0.6 is 15.9 Å². The zero-order valence-electron chi connectivity index (χ0n) is 12.0. The minimum atomic E-state index is -0.598. The monoisotopic (exact) mass is 354 g/mol. The van der Waals surface area contributed by atoms with Crippen molar-refractivity contribution in [3.8, 4) is 5.75 Å². The lowest BCUT2D eigenvalue weighted by atomic mass is 10.3. The molecule has 0 saturated heterocycles. The van der Waals surface area contributed by atoms with Crippen LogP contribution in [-0.2, 0) is 7.05 Å². The van der Waals surface area contributed by atoms with Crippen molar-refractivity contribution in [1.29, 1.82) is 0 Å². The summed E-state index contributed by atoms with van der Waals surface area (Å²) in [6.45, 7) is 2.63. The molecule has 7 heteroatoms. The lowest BCUT2D eigenvalue weighted by Crippen LogP contribution is -2.33. The standard InChI is InChI=1S/C14H19BrN4O2/c1-10(14-18-17-9-19(14)2)16-7-12(20)8-21-13-5-3-4-11(15)6-13/h3-6,9-10,12,16,20H,7-8H2,1-2H3. The molecule has 0 radical (unpaired) electrons. The molecule has 21 heavy (non-hydrogen) atoms. The highest BCUT2D eigenvalue weighted by atomic mass is 79.9. The maximum Gasteiger partial charge on any atom is 0.149 e. The van der Waals surface area contributed by atoms with Gasteiger partial charge in [0.15, 0.2) is 0 Å². The number of aliphatic hydroxyl groups is 1. The molecule has 2 unspecified atom stereocenters. The first-order chi connectivity index (χ1) is 10.1. The number of rotatable bonds is 7. The molecule has 0 saturated carbocycles. The van der Waals surface area contributed by atoms with Gasteiger partial charge in [0, 0.05) is 18.1 Å². The highest BCUT2D eigenvalue weighted by Crippen LogP contribution is 2.17. The van der Waals surface area contributed by atoms with Crippen molar-refractivity contribution in [1.82, 2.24) is 20.1 Å². The van der Waals surface area contributed by atoms with Gasteiger partial charge in [-0.05, 0) is 25.1 Å². The summed E-state index contributed by atoms with van der Waals surface area (Å²) in [5, 5.41) is 21.0. The summed E-state index contributed by atoms with van der Waals surface area (Å²) in [5.41, 5.74) is 0. The van der Waals surface area contributed by atoms with E-state index in [0.29, 0.717) is 6.54 Å². The Hall–Kier alpha value is -1.44. The molecule has 2 aromatic rings. The van der Waals surface area contributed by atoms with Gasteiger partial charge < -0.3 is 19.7 Å². The number of halogens is 1. The Bertz CT molecular complexity index is 576. The van der Waals surface area contributed by atoms with Gasteiger partial charge in [0.25, 0.3) is 0 Å². The van der Waals surface area contributed by atoms with E-state index in [9.17, 15) is 5.11 Å². The van der Waals surface area contributed by atoms with Crippen LogP contribution in [0.4, 0.5) is 0 Å². The first kappa shape index (κ1) is 15.9. The van der Waals surface area contributed by atoms with Crippen LogP contribution in [0.25, 0.3) is 0 Å². The van der Waals surface area contributed by atoms with Crippen LogP contribution in [0.5, 0.6) is 5.75 Å². The summed E-state index contributed by atoms with van der Waals surface area (Å²) < 4.78 is 8.34. The third kappa shape index (κ3) is 4.80. The molecular weight excluding hydrogens is 336 g/mol. The number of benzene rings is 1. The van der Waals surface area contributed by atoms with E-state index in [1.165, 1.54) is 0 Å². The fourth-order valence-electron chi connectivity index (χ4n) is 1.90. The Morgan fingerprint density at radius 3 is 2.95 bits per heavy atom. The van der Waals surface area contributed by atoms with Gasteiger partial charge in [-0.3, -0.25) is 0 Å². The molecule has 0 amide bonds. The molecule has 0 spiro atoms. The van der Waals surface area contributed by atoms with Gasteiger partial charge in [-0.25, -0.2) is 0 Å². The zero-order chi connectivity index (χ0) is 15.2. The van der Waals surface area contributed by atoms with Crippen LogP contribution in [0.2, 0.25) is 0 Å². The highest BCUT2D eigenvalue weighted by molar-refractivity contribution is 9.10. The number of aromatic nitrogens is 3. The molecule has 1 heterocycles. The quantitative estimate of drug-likeness (QED) is 0.791. The van der Waals surface area contributed by atoms with Crippen LogP contribution in [0.1, 0.15) is 18.8 Å². The van der Waals surface area contributed by atoms with Gasteiger partial charge in [0.05, 0.1) is 6.04 Å². The van der Waals surface area contributed by atoms with E-state index >= 15 is 0 Å². The van der Waals surface area contributed by atoms with E-state index < -0.39 is 6.10 Å². The predicted molar refractivity (Wildman–Crippen MR) is 83.1 cm³/mol. The number of hydrogen-bond donors (Lipinski definition) is 2. The first-order valence-electron chi connectivity index (χ1n) is 6.70. The van der Waals surface area contributed by atoms with Crippen LogP contribution in [-0.4, -0.2) is 39.1 Å². The molecule has 114 valence electrons.